The molecule has 2 amide bonds. The standard InChI is InChI=1S/C26H21BrN2O7/c1-2-35-19-13-15(12-18(27)22(19)30)21-20-23(36-29(21)17-6-4-3-5-7-17)25(32)28(24(20)31)16-10-8-14(9-11-16)26(33)34/h3-13,20-21,23,30H,2H2,1H3,(H,33,34)/t20-,21+,23+/m0/s1. The molecule has 0 bridgehead atoms. The minimum Gasteiger partial charge on any atom is -0.503 e. The second-order valence-electron chi connectivity index (χ2n) is 8.30. The number of carbonyl (C=O) groups excluding carboxylic acids is 2. The molecule has 2 saturated heterocycles. The number of aromatic carboxylic acids is 1. The van der Waals surface area contributed by atoms with E-state index in [1.807, 2.05) is 30.3 Å². The molecule has 3 atom stereocenters. The number of aromatic hydroxyl groups is 1. The van der Waals surface area contributed by atoms with Gasteiger partial charge in [-0.05, 0) is 76.9 Å². The van der Waals surface area contributed by atoms with Gasteiger partial charge >= 0.3 is 5.97 Å². The topological polar surface area (TPSA) is 117 Å². The van der Waals surface area contributed by atoms with Gasteiger partial charge in [0.05, 0.1) is 34.1 Å². The van der Waals surface area contributed by atoms with Gasteiger partial charge in [0.25, 0.3) is 5.91 Å². The van der Waals surface area contributed by atoms with Gasteiger partial charge < -0.3 is 14.9 Å². The van der Waals surface area contributed by atoms with E-state index in [-0.39, 0.29) is 22.7 Å². The van der Waals surface area contributed by atoms with Crippen molar-refractivity contribution in [3.8, 4) is 11.5 Å². The van der Waals surface area contributed by atoms with Gasteiger partial charge in [0, 0.05) is 0 Å². The Balaban J connectivity index is 1.59. The number of hydroxylamine groups is 1. The Hall–Kier alpha value is -3.89. The molecule has 0 aromatic heterocycles. The van der Waals surface area contributed by atoms with Gasteiger partial charge in [-0.1, -0.05) is 18.2 Å². The van der Waals surface area contributed by atoms with Crippen molar-refractivity contribution in [2.75, 3.05) is 16.6 Å². The van der Waals surface area contributed by atoms with Crippen LogP contribution in [-0.2, 0) is 14.4 Å². The van der Waals surface area contributed by atoms with Crippen molar-refractivity contribution < 1.29 is 34.2 Å². The number of halogens is 1. The first-order valence-electron chi connectivity index (χ1n) is 11.2. The first-order valence-corrected chi connectivity index (χ1v) is 12.0. The maximum atomic E-state index is 13.7. The van der Waals surface area contributed by atoms with E-state index in [1.54, 1.807) is 24.1 Å². The molecule has 2 aliphatic heterocycles. The summed E-state index contributed by atoms with van der Waals surface area (Å²) in [5.41, 5.74) is 1.56. The van der Waals surface area contributed by atoms with Crippen LogP contribution in [0.5, 0.6) is 11.5 Å². The van der Waals surface area contributed by atoms with Gasteiger partial charge in [0.15, 0.2) is 17.6 Å². The van der Waals surface area contributed by atoms with Crippen molar-refractivity contribution in [1.29, 1.82) is 0 Å². The van der Waals surface area contributed by atoms with Crippen LogP contribution in [0.1, 0.15) is 28.9 Å². The van der Waals surface area contributed by atoms with Gasteiger partial charge in [0.1, 0.15) is 5.92 Å². The lowest BCUT2D eigenvalue weighted by atomic mass is 9.90. The highest BCUT2D eigenvalue weighted by atomic mass is 79.9. The van der Waals surface area contributed by atoms with Crippen LogP contribution < -0.4 is 14.7 Å². The number of carboxylic acid groups (broad SMARTS) is 1. The quantitative estimate of drug-likeness (QED) is 0.434. The molecule has 0 saturated carbocycles. The third-order valence-electron chi connectivity index (χ3n) is 6.19. The van der Waals surface area contributed by atoms with Gasteiger partial charge in [0.2, 0.25) is 5.91 Å². The number of phenols is 1. The fourth-order valence-corrected chi connectivity index (χ4v) is 5.05. The molecule has 9 nitrogen and oxygen atoms in total. The predicted octanol–water partition coefficient (Wildman–Crippen LogP) is 4.30. The molecule has 0 unspecified atom stereocenters. The van der Waals surface area contributed by atoms with E-state index in [1.165, 1.54) is 24.3 Å². The van der Waals surface area contributed by atoms with Crippen LogP contribution in [0, 0.1) is 5.92 Å². The van der Waals surface area contributed by atoms with Crippen LogP contribution in [0.2, 0.25) is 0 Å². The monoisotopic (exact) mass is 552 g/mol. The first-order chi connectivity index (χ1) is 17.3. The molecular weight excluding hydrogens is 532 g/mol. The van der Waals surface area contributed by atoms with Crippen molar-refractivity contribution >= 4 is 45.1 Å². The Labute approximate surface area is 214 Å². The molecule has 5 rings (SSSR count). The second-order valence-corrected chi connectivity index (χ2v) is 9.16. The molecule has 0 radical (unpaired) electrons. The Kier molecular flexibility index (Phi) is 6.15. The molecule has 2 N–H and O–H groups in total. The zero-order valence-corrected chi connectivity index (χ0v) is 20.6. The molecule has 2 heterocycles. The molecule has 2 fully saturated rings. The molecule has 0 spiro atoms. The van der Waals surface area contributed by atoms with Gasteiger partial charge in [-0.15, -0.1) is 0 Å². The molecule has 0 aliphatic carbocycles. The minimum absolute atomic E-state index is 0.0415. The number of fused-ring (bicyclic) bond motifs is 1. The summed E-state index contributed by atoms with van der Waals surface area (Å²) in [7, 11) is 0. The largest absolute Gasteiger partial charge is 0.503 e. The summed E-state index contributed by atoms with van der Waals surface area (Å²) in [5, 5.41) is 21.1. The Morgan fingerprint density at radius 3 is 2.36 bits per heavy atom. The Morgan fingerprint density at radius 1 is 1.03 bits per heavy atom. The van der Waals surface area contributed by atoms with Crippen LogP contribution >= 0.6 is 15.9 Å². The van der Waals surface area contributed by atoms with Crippen LogP contribution in [0.15, 0.2) is 71.2 Å². The van der Waals surface area contributed by atoms with Crippen LogP contribution in [0.25, 0.3) is 0 Å². The number of amides is 2. The van der Waals surface area contributed by atoms with Crippen molar-refractivity contribution in [3.63, 3.8) is 0 Å². The number of imide groups is 1. The summed E-state index contributed by atoms with van der Waals surface area (Å²) < 4.78 is 5.96. The van der Waals surface area contributed by atoms with E-state index in [0.717, 1.165) is 4.90 Å². The van der Waals surface area contributed by atoms with Crippen molar-refractivity contribution in [2.45, 2.75) is 19.1 Å². The lowest BCUT2D eigenvalue weighted by Crippen LogP contribution is -2.37. The van der Waals surface area contributed by atoms with E-state index in [0.29, 0.717) is 22.3 Å². The highest BCUT2D eigenvalue weighted by Crippen LogP contribution is 2.49. The number of nitrogens with zero attached hydrogens (tertiary/aromatic N) is 2. The van der Waals surface area contributed by atoms with Crippen molar-refractivity contribution in [2.24, 2.45) is 5.92 Å². The van der Waals surface area contributed by atoms with E-state index < -0.39 is 35.8 Å². The Morgan fingerprint density at radius 2 is 1.72 bits per heavy atom. The lowest BCUT2D eigenvalue weighted by Gasteiger charge is -2.29. The number of anilines is 2. The number of rotatable bonds is 6. The molecular formula is C26H21BrN2O7. The number of phenolic OH excluding ortho intramolecular Hbond substituents is 1. The predicted molar refractivity (Wildman–Crippen MR) is 133 cm³/mol. The van der Waals surface area contributed by atoms with Gasteiger partial charge in [-0.2, -0.15) is 0 Å². The maximum absolute atomic E-state index is 13.7. The lowest BCUT2D eigenvalue weighted by molar-refractivity contribution is -0.126. The summed E-state index contributed by atoms with van der Waals surface area (Å²) in [6.45, 7) is 2.11. The average molecular weight is 553 g/mol. The van der Waals surface area contributed by atoms with E-state index in [2.05, 4.69) is 15.9 Å². The van der Waals surface area contributed by atoms with E-state index in [4.69, 9.17) is 9.57 Å². The summed E-state index contributed by atoms with van der Waals surface area (Å²) in [6.07, 6.45) is -1.09. The number of ether oxygens (including phenoxy) is 1. The van der Waals surface area contributed by atoms with E-state index in [9.17, 15) is 24.6 Å². The molecule has 3 aromatic rings. The highest BCUT2D eigenvalue weighted by molar-refractivity contribution is 9.10. The molecule has 184 valence electrons. The minimum atomic E-state index is -1.11. The molecule has 2 aliphatic rings. The Bertz CT molecular complexity index is 1350. The van der Waals surface area contributed by atoms with Gasteiger partial charge in [-0.3, -0.25) is 14.4 Å². The van der Waals surface area contributed by atoms with E-state index >= 15 is 0 Å². The summed E-state index contributed by atoms with van der Waals surface area (Å²) in [6, 6.07) is 17.2. The maximum Gasteiger partial charge on any atom is 0.335 e. The first kappa shape index (κ1) is 23.8. The third kappa shape index (κ3) is 3.88. The zero-order chi connectivity index (χ0) is 25.6. The average Bonchev–Trinajstić information content (AvgIpc) is 3.38. The molecule has 36 heavy (non-hydrogen) atoms. The third-order valence-corrected chi connectivity index (χ3v) is 6.80. The summed E-state index contributed by atoms with van der Waals surface area (Å²) in [5.74, 6) is -2.87. The van der Waals surface area contributed by atoms with Crippen LogP contribution in [0.3, 0.4) is 0 Å². The smallest absolute Gasteiger partial charge is 0.335 e. The summed E-state index contributed by atoms with van der Waals surface area (Å²) in [4.78, 5) is 45.5. The number of para-hydroxylation sites is 1. The van der Waals surface area contributed by atoms with Crippen LogP contribution in [-0.4, -0.2) is 40.7 Å². The highest BCUT2D eigenvalue weighted by Gasteiger charge is 2.60. The number of hydrogen-bond donors (Lipinski definition) is 2. The van der Waals surface area contributed by atoms with Crippen molar-refractivity contribution in [1.82, 2.24) is 0 Å². The van der Waals surface area contributed by atoms with Crippen LogP contribution in [0.4, 0.5) is 11.4 Å². The van der Waals surface area contributed by atoms with Gasteiger partial charge in [-0.25, -0.2) is 14.8 Å². The molecule has 10 heteroatoms. The second kappa shape index (κ2) is 9.29. The normalized spacial score (nSPS) is 21.1. The fourth-order valence-electron chi connectivity index (χ4n) is 4.59. The van der Waals surface area contributed by atoms with Crippen molar-refractivity contribution in [3.05, 3.63) is 82.3 Å². The molecule has 3 aromatic carbocycles. The number of hydrogen-bond acceptors (Lipinski definition) is 7. The number of carboxylic acids is 1. The number of carbonyl (C=O) groups is 3. The SMILES string of the molecule is CCOc1cc([C@@H]2[C@@H]3C(=O)N(c4ccc(C(=O)O)cc4)C(=O)[C@@H]3ON2c2ccccc2)cc(Br)c1O. The summed E-state index contributed by atoms with van der Waals surface area (Å²) >= 11 is 3.36. The zero-order valence-electron chi connectivity index (χ0n) is 19.0. The fraction of sp³-hybridized carbons (Fsp3) is 0.192. The number of benzene rings is 3.